The molecule has 22 heavy (non-hydrogen) atoms. The number of aromatic nitrogens is 2. The second kappa shape index (κ2) is 6.66. The lowest BCUT2D eigenvalue weighted by molar-refractivity contribution is -0.121. The molecular formula is C15H18N4OS2. The third-order valence-electron chi connectivity index (χ3n) is 3.75. The number of nitrogen functional groups attached to an aromatic ring is 1. The molecule has 1 aromatic heterocycles. The van der Waals surface area contributed by atoms with Crippen LogP contribution in [0.1, 0.15) is 36.9 Å². The second-order valence-electron chi connectivity index (χ2n) is 5.32. The Hall–Kier alpha value is -1.60. The van der Waals surface area contributed by atoms with Gasteiger partial charge in [0.15, 0.2) is 4.34 Å². The van der Waals surface area contributed by atoms with Crippen LogP contribution in [0.5, 0.6) is 0 Å². The molecule has 2 atom stereocenters. The largest absolute Gasteiger partial charge is 0.374 e. The topological polar surface area (TPSA) is 80.9 Å². The summed E-state index contributed by atoms with van der Waals surface area (Å²) in [5.41, 5.74) is 8.16. The van der Waals surface area contributed by atoms with Gasteiger partial charge in [0, 0.05) is 0 Å². The summed E-state index contributed by atoms with van der Waals surface area (Å²) in [6.07, 6.45) is 3.19. The van der Waals surface area contributed by atoms with Gasteiger partial charge >= 0.3 is 0 Å². The normalized spacial score (nSPS) is 18.5. The molecule has 1 heterocycles. The van der Waals surface area contributed by atoms with Crippen molar-refractivity contribution in [1.82, 2.24) is 15.5 Å². The number of hydrogen-bond donors (Lipinski definition) is 2. The number of benzene rings is 1. The van der Waals surface area contributed by atoms with Crippen molar-refractivity contribution in [3.8, 4) is 0 Å². The summed E-state index contributed by atoms with van der Waals surface area (Å²) in [7, 11) is 0. The standard InChI is InChI=1S/C15H18N4OS2/c1-9(21-15-19-18-14(16)22-15)13(20)17-12-8-4-6-10-5-2-3-7-11(10)12/h2-3,5,7,9,12H,4,6,8H2,1H3,(H2,16,18)(H,17,20). The fourth-order valence-corrected chi connectivity index (χ4v) is 4.46. The van der Waals surface area contributed by atoms with Crippen molar-refractivity contribution >= 4 is 34.1 Å². The van der Waals surface area contributed by atoms with Crippen molar-refractivity contribution in [2.24, 2.45) is 0 Å². The lowest BCUT2D eigenvalue weighted by atomic mass is 9.88. The predicted molar refractivity (Wildman–Crippen MR) is 89.9 cm³/mol. The molecule has 1 amide bonds. The van der Waals surface area contributed by atoms with Gasteiger partial charge in [-0.2, -0.15) is 0 Å². The molecule has 1 aliphatic rings. The second-order valence-corrected chi connectivity index (χ2v) is 7.92. The molecule has 0 aliphatic heterocycles. The molecule has 0 radical (unpaired) electrons. The highest BCUT2D eigenvalue weighted by atomic mass is 32.2. The first kappa shape index (κ1) is 15.3. The molecule has 7 heteroatoms. The van der Waals surface area contributed by atoms with E-state index in [2.05, 4.69) is 33.7 Å². The fraction of sp³-hybridized carbons (Fsp3) is 0.400. The van der Waals surface area contributed by atoms with Crippen LogP contribution in [-0.4, -0.2) is 21.4 Å². The first-order valence-corrected chi connectivity index (χ1v) is 8.97. The Morgan fingerprint density at radius 2 is 2.27 bits per heavy atom. The molecular weight excluding hydrogens is 316 g/mol. The van der Waals surface area contributed by atoms with E-state index in [9.17, 15) is 4.79 Å². The van der Waals surface area contributed by atoms with Gasteiger partial charge < -0.3 is 11.1 Å². The molecule has 0 bridgehead atoms. The number of nitrogens with one attached hydrogen (secondary N) is 1. The molecule has 116 valence electrons. The smallest absolute Gasteiger partial charge is 0.233 e. The lowest BCUT2D eigenvalue weighted by Gasteiger charge is -2.27. The van der Waals surface area contributed by atoms with Crippen molar-refractivity contribution in [1.29, 1.82) is 0 Å². The highest BCUT2D eigenvalue weighted by Crippen LogP contribution is 2.31. The van der Waals surface area contributed by atoms with Crippen LogP contribution in [0.2, 0.25) is 0 Å². The van der Waals surface area contributed by atoms with E-state index in [1.54, 1.807) is 0 Å². The average molecular weight is 334 g/mol. The number of nitrogens with two attached hydrogens (primary N) is 1. The maximum atomic E-state index is 12.4. The van der Waals surface area contributed by atoms with E-state index >= 15 is 0 Å². The molecule has 0 fully saturated rings. The zero-order valence-corrected chi connectivity index (χ0v) is 13.9. The van der Waals surface area contributed by atoms with E-state index in [4.69, 9.17) is 5.73 Å². The quantitative estimate of drug-likeness (QED) is 0.840. The van der Waals surface area contributed by atoms with Crippen LogP contribution in [0, 0.1) is 0 Å². The maximum Gasteiger partial charge on any atom is 0.233 e. The number of rotatable bonds is 4. The summed E-state index contributed by atoms with van der Waals surface area (Å²) in [4.78, 5) is 12.4. The van der Waals surface area contributed by atoms with Crippen molar-refractivity contribution in [3.63, 3.8) is 0 Å². The summed E-state index contributed by atoms with van der Waals surface area (Å²) >= 11 is 2.70. The van der Waals surface area contributed by atoms with E-state index in [0.717, 1.165) is 23.6 Å². The van der Waals surface area contributed by atoms with E-state index in [1.807, 2.05) is 13.0 Å². The van der Waals surface area contributed by atoms with Gasteiger partial charge in [-0.05, 0) is 37.3 Å². The number of amides is 1. The molecule has 0 spiro atoms. The van der Waals surface area contributed by atoms with Gasteiger partial charge in [-0.3, -0.25) is 4.79 Å². The molecule has 5 nitrogen and oxygen atoms in total. The highest BCUT2D eigenvalue weighted by Gasteiger charge is 2.24. The Balaban J connectivity index is 1.64. The maximum absolute atomic E-state index is 12.4. The third-order valence-corrected chi connectivity index (χ3v) is 5.69. The van der Waals surface area contributed by atoms with E-state index in [1.165, 1.54) is 34.2 Å². The van der Waals surface area contributed by atoms with Crippen LogP contribution >= 0.6 is 23.1 Å². The Bertz CT molecular complexity index is 673. The fourth-order valence-electron chi connectivity index (χ4n) is 2.67. The van der Waals surface area contributed by atoms with Gasteiger partial charge in [-0.25, -0.2) is 0 Å². The molecule has 2 unspecified atom stereocenters. The van der Waals surface area contributed by atoms with Crippen molar-refractivity contribution in [2.75, 3.05) is 5.73 Å². The molecule has 3 rings (SSSR count). The summed E-state index contributed by atoms with van der Waals surface area (Å²) in [5.74, 6) is 0.0282. The monoisotopic (exact) mass is 334 g/mol. The molecule has 0 saturated heterocycles. The SMILES string of the molecule is CC(Sc1nnc(N)s1)C(=O)NC1CCCc2ccccc21. The van der Waals surface area contributed by atoms with Gasteiger partial charge in [0.1, 0.15) is 0 Å². The Morgan fingerprint density at radius 1 is 1.45 bits per heavy atom. The summed E-state index contributed by atoms with van der Waals surface area (Å²) in [6.45, 7) is 1.88. The van der Waals surface area contributed by atoms with Crippen molar-refractivity contribution in [3.05, 3.63) is 35.4 Å². The van der Waals surface area contributed by atoms with Gasteiger partial charge in [0.2, 0.25) is 11.0 Å². The van der Waals surface area contributed by atoms with Crippen LogP contribution in [0.3, 0.4) is 0 Å². The predicted octanol–water partition coefficient (Wildman–Crippen LogP) is 2.79. The van der Waals surface area contributed by atoms with E-state index in [-0.39, 0.29) is 17.2 Å². The number of carbonyl (C=O) groups is 1. The van der Waals surface area contributed by atoms with Crippen LogP contribution in [-0.2, 0) is 11.2 Å². The number of hydrogen-bond acceptors (Lipinski definition) is 6. The lowest BCUT2D eigenvalue weighted by Crippen LogP contribution is -2.35. The molecule has 1 aliphatic carbocycles. The number of nitrogens with zero attached hydrogens (tertiary/aromatic N) is 2. The molecule has 3 N–H and O–H groups in total. The first-order chi connectivity index (χ1) is 10.6. The van der Waals surface area contributed by atoms with Crippen LogP contribution in [0.4, 0.5) is 5.13 Å². The van der Waals surface area contributed by atoms with Crippen LogP contribution in [0.15, 0.2) is 28.6 Å². The summed E-state index contributed by atoms with van der Waals surface area (Å²) < 4.78 is 0.726. The number of carbonyl (C=O) groups excluding carboxylic acids is 1. The van der Waals surface area contributed by atoms with E-state index < -0.39 is 0 Å². The van der Waals surface area contributed by atoms with Crippen molar-refractivity contribution < 1.29 is 4.79 Å². The Kier molecular flexibility index (Phi) is 4.63. The van der Waals surface area contributed by atoms with Gasteiger partial charge in [0.05, 0.1) is 11.3 Å². The first-order valence-electron chi connectivity index (χ1n) is 7.27. The van der Waals surface area contributed by atoms with Gasteiger partial charge in [0.25, 0.3) is 0 Å². The zero-order valence-electron chi connectivity index (χ0n) is 12.3. The number of anilines is 1. The third kappa shape index (κ3) is 3.41. The average Bonchev–Trinajstić information content (AvgIpc) is 2.92. The minimum absolute atomic E-state index is 0.0282. The number of aryl methyl sites for hydroxylation is 1. The Morgan fingerprint density at radius 3 is 3.05 bits per heavy atom. The van der Waals surface area contributed by atoms with Crippen LogP contribution < -0.4 is 11.1 Å². The zero-order chi connectivity index (χ0) is 15.5. The van der Waals surface area contributed by atoms with Crippen LogP contribution in [0.25, 0.3) is 0 Å². The minimum Gasteiger partial charge on any atom is -0.374 e. The Labute approximate surface area is 137 Å². The number of fused-ring (bicyclic) bond motifs is 1. The van der Waals surface area contributed by atoms with Gasteiger partial charge in [-0.15, -0.1) is 10.2 Å². The molecule has 0 saturated carbocycles. The van der Waals surface area contributed by atoms with Gasteiger partial charge in [-0.1, -0.05) is 47.4 Å². The molecule has 2 aromatic rings. The number of thioether (sulfide) groups is 1. The molecule has 1 aromatic carbocycles. The highest BCUT2D eigenvalue weighted by molar-refractivity contribution is 8.02. The summed E-state index contributed by atoms with van der Waals surface area (Å²) in [6, 6.07) is 8.46. The van der Waals surface area contributed by atoms with Crippen molar-refractivity contribution in [2.45, 2.75) is 41.8 Å². The minimum atomic E-state index is -0.221. The van der Waals surface area contributed by atoms with E-state index in [0.29, 0.717) is 5.13 Å². The summed E-state index contributed by atoms with van der Waals surface area (Å²) in [5, 5.41) is 11.1.